The number of halogens is 2. The molecule has 0 aliphatic rings. The second-order valence-corrected chi connectivity index (χ2v) is 4.27. The molecule has 0 radical (unpaired) electrons. The number of aryl methyl sites for hydroxylation is 1. The van der Waals surface area contributed by atoms with Gasteiger partial charge in [-0.1, -0.05) is 5.21 Å². The van der Waals surface area contributed by atoms with Crippen LogP contribution in [0.5, 0.6) is 0 Å². The third-order valence-electron chi connectivity index (χ3n) is 2.24. The summed E-state index contributed by atoms with van der Waals surface area (Å²) in [4.78, 5) is 0. The Balaban J connectivity index is 2.51. The van der Waals surface area contributed by atoms with Crippen molar-refractivity contribution in [1.82, 2.24) is 15.0 Å². The van der Waals surface area contributed by atoms with Gasteiger partial charge in [0.15, 0.2) is 0 Å². The fraction of sp³-hybridized carbons (Fsp3) is 0.200. The molecule has 2 N–H and O–H groups in total. The van der Waals surface area contributed by atoms with E-state index < -0.39 is 0 Å². The van der Waals surface area contributed by atoms with Crippen molar-refractivity contribution >= 4 is 15.9 Å². The summed E-state index contributed by atoms with van der Waals surface area (Å²) < 4.78 is 15.4. The first-order valence-corrected chi connectivity index (χ1v) is 5.48. The molecule has 0 amide bonds. The lowest BCUT2D eigenvalue weighted by Gasteiger charge is -2.06. The number of aromatic nitrogens is 3. The van der Waals surface area contributed by atoms with E-state index in [4.69, 9.17) is 5.73 Å². The molecule has 4 nitrogen and oxygen atoms in total. The molecule has 0 fully saturated rings. The summed E-state index contributed by atoms with van der Waals surface area (Å²) in [5, 5.41) is 7.75. The van der Waals surface area contributed by atoms with Crippen LogP contribution in [0.4, 0.5) is 4.39 Å². The molecule has 0 saturated carbocycles. The first-order valence-electron chi connectivity index (χ1n) is 4.69. The number of benzene rings is 1. The van der Waals surface area contributed by atoms with Gasteiger partial charge in [-0.3, -0.25) is 0 Å². The molecule has 0 unspecified atom stereocenters. The van der Waals surface area contributed by atoms with Crippen molar-refractivity contribution in [1.29, 1.82) is 0 Å². The first-order chi connectivity index (χ1) is 7.61. The Bertz CT molecular complexity index is 524. The van der Waals surface area contributed by atoms with Crippen LogP contribution < -0.4 is 5.73 Å². The zero-order valence-corrected chi connectivity index (χ0v) is 10.2. The van der Waals surface area contributed by atoms with Crippen LogP contribution in [-0.4, -0.2) is 15.0 Å². The minimum Gasteiger partial charge on any atom is -0.325 e. The summed E-state index contributed by atoms with van der Waals surface area (Å²) in [7, 11) is 0. The predicted octanol–water partition coefficient (Wildman–Crippen LogP) is 1.94. The van der Waals surface area contributed by atoms with E-state index in [1.54, 1.807) is 12.3 Å². The quantitative estimate of drug-likeness (QED) is 0.917. The maximum absolute atomic E-state index is 13.4. The maximum Gasteiger partial charge on any atom is 0.139 e. The smallest absolute Gasteiger partial charge is 0.139 e. The Kier molecular flexibility index (Phi) is 3.02. The van der Waals surface area contributed by atoms with E-state index in [0.29, 0.717) is 22.4 Å². The van der Waals surface area contributed by atoms with E-state index in [9.17, 15) is 4.39 Å². The van der Waals surface area contributed by atoms with E-state index >= 15 is 0 Å². The van der Waals surface area contributed by atoms with Crippen LogP contribution in [-0.2, 0) is 6.54 Å². The van der Waals surface area contributed by atoms with Gasteiger partial charge >= 0.3 is 0 Å². The highest BCUT2D eigenvalue weighted by Crippen LogP contribution is 2.22. The van der Waals surface area contributed by atoms with Gasteiger partial charge in [-0.25, -0.2) is 9.07 Å². The number of hydrogen-bond donors (Lipinski definition) is 1. The van der Waals surface area contributed by atoms with E-state index in [0.717, 1.165) is 5.56 Å². The van der Waals surface area contributed by atoms with Crippen LogP contribution in [0.3, 0.4) is 0 Å². The third kappa shape index (κ3) is 1.98. The standard InChI is InChI=1S/C10H10BrFN4/c1-6-2-8(11)9(12)3-10(6)16-5-7(4-13)14-15-16/h2-3,5H,4,13H2,1H3. The Hall–Kier alpha value is -1.27. The summed E-state index contributed by atoms with van der Waals surface area (Å²) in [6.07, 6.45) is 1.69. The van der Waals surface area contributed by atoms with Crippen molar-refractivity contribution in [2.45, 2.75) is 13.5 Å². The van der Waals surface area contributed by atoms with E-state index in [-0.39, 0.29) is 5.82 Å². The zero-order valence-electron chi connectivity index (χ0n) is 8.61. The Labute approximate surface area is 100 Å². The Morgan fingerprint density at radius 3 is 2.88 bits per heavy atom. The summed E-state index contributed by atoms with van der Waals surface area (Å²) >= 11 is 3.13. The summed E-state index contributed by atoms with van der Waals surface area (Å²) in [5.74, 6) is -0.328. The summed E-state index contributed by atoms with van der Waals surface area (Å²) in [6.45, 7) is 2.20. The number of nitrogens with two attached hydrogens (primary N) is 1. The lowest BCUT2D eigenvalue weighted by molar-refractivity contribution is 0.617. The molecule has 0 aliphatic heterocycles. The molecule has 2 aromatic rings. The van der Waals surface area contributed by atoms with Crippen LogP contribution in [0.25, 0.3) is 5.69 Å². The van der Waals surface area contributed by atoms with Gasteiger partial charge in [0.05, 0.1) is 22.1 Å². The lowest BCUT2D eigenvalue weighted by atomic mass is 10.2. The molecule has 1 aromatic heterocycles. The molecule has 0 spiro atoms. The van der Waals surface area contributed by atoms with Crippen LogP contribution in [0.2, 0.25) is 0 Å². The van der Waals surface area contributed by atoms with Crippen molar-refractivity contribution in [2.75, 3.05) is 0 Å². The topological polar surface area (TPSA) is 56.7 Å². The van der Waals surface area contributed by atoms with Crippen molar-refractivity contribution in [2.24, 2.45) is 5.73 Å². The average Bonchev–Trinajstić information content (AvgIpc) is 2.71. The second-order valence-electron chi connectivity index (χ2n) is 3.41. The molecular formula is C10H10BrFN4. The molecule has 0 aliphatic carbocycles. The van der Waals surface area contributed by atoms with Gasteiger partial charge in [0, 0.05) is 12.6 Å². The van der Waals surface area contributed by atoms with Crippen LogP contribution in [0.1, 0.15) is 11.3 Å². The van der Waals surface area contributed by atoms with Crippen molar-refractivity contribution in [3.05, 3.63) is 39.9 Å². The lowest BCUT2D eigenvalue weighted by Crippen LogP contribution is -1.99. The van der Waals surface area contributed by atoms with E-state index in [1.807, 2.05) is 6.92 Å². The SMILES string of the molecule is Cc1cc(Br)c(F)cc1-n1cc(CN)nn1. The fourth-order valence-corrected chi connectivity index (χ4v) is 1.85. The van der Waals surface area contributed by atoms with Gasteiger partial charge in [0.2, 0.25) is 0 Å². The van der Waals surface area contributed by atoms with Crippen molar-refractivity contribution < 1.29 is 4.39 Å². The number of nitrogens with zero attached hydrogens (tertiary/aromatic N) is 3. The number of rotatable bonds is 2. The highest BCUT2D eigenvalue weighted by atomic mass is 79.9. The summed E-state index contributed by atoms with van der Waals surface area (Å²) in [6, 6.07) is 3.11. The molecule has 6 heteroatoms. The van der Waals surface area contributed by atoms with Gasteiger partial charge in [-0.15, -0.1) is 5.10 Å². The molecule has 1 heterocycles. The van der Waals surface area contributed by atoms with E-state index in [2.05, 4.69) is 26.2 Å². The molecule has 16 heavy (non-hydrogen) atoms. The zero-order chi connectivity index (χ0) is 11.7. The third-order valence-corrected chi connectivity index (χ3v) is 2.84. The Morgan fingerprint density at radius 2 is 2.25 bits per heavy atom. The van der Waals surface area contributed by atoms with Gasteiger partial charge in [0.25, 0.3) is 0 Å². The van der Waals surface area contributed by atoms with Crippen LogP contribution in [0.15, 0.2) is 22.8 Å². The average molecular weight is 285 g/mol. The molecule has 84 valence electrons. The predicted molar refractivity (Wildman–Crippen MR) is 61.6 cm³/mol. The molecule has 2 rings (SSSR count). The second kappa shape index (κ2) is 4.31. The van der Waals surface area contributed by atoms with Crippen LogP contribution >= 0.6 is 15.9 Å². The van der Waals surface area contributed by atoms with E-state index in [1.165, 1.54) is 10.7 Å². The van der Waals surface area contributed by atoms with Crippen molar-refractivity contribution in [3.63, 3.8) is 0 Å². The normalized spacial score (nSPS) is 10.8. The van der Waals surface area contributed by atoms with Crippen LogP contribution in [0, 0.1) is 12.7 Å². The molecule has 0 atom stereocenters. The van der Waals surface area contributed by atoms with Gasteiger partial charge < -0.3 is 5.73 Å². The highest BCUT2D eigenvalue weighted by Gasteiger charge is 2.08. The van der Waals surface area contributed by atoms with Gasteiger partial charge in [-0.2, -0.15) is 0 Å². The van der Waals surface area contributed by atoms with Gasteiger partial charge in [-0.05, 0) is 34.5 Å². The fourth-order valence-electron chi connectivity index (χ4n) is 1.39. The maximum atomic E-state index is 13.4. The minimum atomic E-state index is -0.328. The first kappa shape index (κ1) is 11.2. The molecule has 0 saturated heterocycles. The molecular weight excluding hydrogens is 275 g/mol. The minimum absolute atomic E-state index is 0.318. The molecule has 0 bridgehead atoms. The molecule has 1 aromatic carbocycles. The highest BCUT2D eigenvalue weighted by molar-refractivity contribution is 9.10. The largest absolute Gasteiger partial charge is 0.325 e. The van der Waals surface area contributed by atoms with Crippen molar-refractivity contribution in [3.8, 4) is 5.69 Å². The van der Waals surface area contributed by atoms with Gasteiger partial charge in [0.1, 0.15) is 5.82 Å². The summed E-state index contributed by atoms with van der Waals surface area (Å²) in [5.41, 5.74) is 7.67. The monoisotopic (exact) mass is 284 g/mol. The Morgan fingerprint density at radius 1 is 1.50 bits per heavy atom. The number of hydrogen-bond acceptors (Lipinski definition) is 3.